The number of rotatable bonds is 6. The minimum absolute atomic E-state index is 0.183. The Labute approximate surface area is 190 Å². The quantitative estimate of drug-likeness (QED) is 0.613. The predicted molar refractivity (Wildman–Crippen MR) is 116 cm³/mol. The van der Waals surface area contributed by atoms with Gasteiger partial charge in [0.05, 0.1) is 23.9 Å². The van der Waals surface area contributed by atoms with Crippen molar-refractivity contribution in [3.8, 4) is 0 Å². The van der Waals surface area contributed by atoms with Crippen LogP contribution in [-0.4, -0.2) is 75.9 Å². The van der Waals surface area contributed by atoms with Crippen molar-refractivity contribution >= 4 is 39.1 Å². The van der Waals surface area contributed by atoms with Crippen molar-refractivity contribution in [3.05, 3.63) is 17.2 Å². The van der Waals surface area contributed by atoms with Crippen LogP contribution in [-0.2, 0) is 25.0 Å². The standard InChI is InChI=1S/C19H26ClFN6O4S/c1-11(31-12(2)28)19(6-4-7-19)17-24-16(20)15-9-22-18(25-27(15)17)23-14-5-8-26(10-13(14)21)32(3,29)30/h9,11,13-14H,4-8,10H2,1-3H3,(H,23,25)/t11?,13-,14+/m1/s1. The molecule has 2 aromatic rings. The summed E-state index contributed by atoms with van der Waals surface area (Å²) in [6.45, 7) is 3.19. The molecule has 0 spiro atoms. The lowest BCUT2D eigenvalue weighted by Gasteiger charge is -2.44. The molecule has 0 radical (unpaired) electrons. The molecule has 2 fully saturated rings. The maximum Gasteiger partial charge on any atom is 0.302 e. The van der Waals surface area contributed by atoms with Crippen molar-refractivity contribution in [1.82, 2.24) is 23.9 Å². The molecule has 4 rings (SSSR count). The molecule has 0 aromatic carbocycles. The Morgan fingerprint density at radius 1 is 1.44 bits per heavy atom. The first-order valence-electron chi connectivity index (χ1n) is 10.5. The number of fused-ring (bicyclic) bond motifs is 1. The highest BCUT2D eigenvalue weighted by atomic mass is 35.5. The molecule has 3 atom stereocenters. The third-order valence-corrected chi connectivity index (χ3v) is 8.00. The molecule has 1 aliphatic carbocycles. The van der Waals surface area contributed by atoms with Crippen LogP contribution in [0, 0.1) is 0 Å². The van der Waals surface area contributed by atoms with Crippen molar-refractivity contribution in [2.75, 3.05) is 24.7 Å². The van der Waals surface area contributed by atoms with Crippen LogP contribution in [0.2, 0.25) is 5.15 Å². The Hall–Kier alpha value is -2.05. The number of carbonyl (C=O) groups excluding carboxylic acids is 1. The maximum absolute atomic E-state index is 14.7. The molecule has 1 N–H and O–H groups in total. The molecule has 2 aliphatic rings. The number of imidazole rings is 1. The molecule has 13 heteroatoms. The third-order valence-electron chi connectivity index (χ3n) is 6.45. The SMILES string of the molecule is CC(=O)OC(C)C1(c2nc(Cl)c3cnc(N[C@H]4CCN(S(C)(=O)=O)C[C@H]4F)nn23)CCC1. The molecule has 3 heterocycles. The van der Waals surface area contributed by atoms with Gasteiger partial charge in [-0.25, -0.2) is 27.3 Å². The van der Waals surface area contributed by atoms with Crippen LogP contribution in [0.5, 0.6) is 0 Å². The van der Waals surface area contributed by atoms with E-state index in [9.17, 15) is 17.6 Å². The molecular weight excluding hydrogens is 463 g/mol. The van der Waals surface area contributed by atoms with Gasteiger partial charge in [-0.2, -0.15) is 4.31 Å². The molecule has 0 amide bonds. The monoisotopic (exact) mass is 488 g/mol. The lowest BCUT2D eigenvalue weighted by atomic mass is 9.64. The van der Waals surface area contributed by atoms with Crippen molar-refractivity contribution in [1.29, 1.82) is 0 Å². The number of sulfonamides is 1. The summed E-state index contributed by atoms with van der Waals surface area (Å²) in [5.74, 6) is 0.386. The maximum atomic E-state index is 14.7. The first kappa shape index (κ1) is 23.1. The number of anilines is 1. The van der Waals surface area contributed by atoms with Gasteiger partial charge in [0.1, 0.15) is 23.6 Å². The molecule has 0 bridgehead atoms. The number of nitrogens with one attached hydrogen (secondary N) is 1. The van der Waals surface area contributed by atoms with Crippen LogP contribution in [0.4, 0.5) is 10.3 Å². The van der Waals surface area contributed by atoms with Gasteiger partial charge < -0.3 is 10.1 Å². The molecule has 10 nitrogen and oxygen atoms in total. The average Bonchev–Trinajstić information content (AvgIpc) is 2.97. The number of hydrogen-bond donors (Lipinski definition) is 1. The van der Waals surface area contributed by atoms with Crippen molar-refractivity contribution < 1.29 is 22.3 Å². The van der Waals surface area contributed by atoms with Gasteiger partial charge >= 0.3 is 5.97 Å². The van der Waals surface area contributed by atoms with Crippen LogP contribution in [0.3, 0.4) is 0 Å². The summed E-state index contributed by atoms with van der Waals surface area (Å²) in [5, 5.41) is 7.73. The molecule has 2 aromatic heterocycles. The minimum Gasteiger partial charge on any atom is -0.462 e. The highest BCUT2D eigenvalue weighted by Gasteiger charge is 2.49. The van der Waals surface area contributed by atoms with Gasteiger partial charge in [-0.15, -0.1) is 5.10 Å². The van der Waals surface area contributed by atoms with Gasteiger partial charge in [-0.05, 0) is 26.2 Å². The Kier molecular flexibility index (Phi) is 6.05. The fourth-order valence-corrected chi connectivity index (χ4v) is 5.54. The predicted octanol–water partition coefficient (Wildman–Crippen LogP) is 1.93. The molecule has 32 heavy (non-hydrogen) atoms. The highest BCUT2D eigenvalue weighted by Crippen LogP contribution is 2.47. The third kappa shape index (κ3) is 4.15. The second kappa shape index (κ2) is 8.38. The zero-order valence-corrected chi connectivity index (χ0v) is 19.7. The normalized spacial score (nSPS) is 24.7. The van der Waals surface area contributed by atoms with Crippen molar-refractivity contribution in [2.45, 2.75) is 63.3 Å². The summed E-state index contributed by atoms with van der Waals surface area (Å²) < 4.78 is 46.2. The highest BCUT2D eigenvalue weighted by molar-refractivity contribution is 7.88. The van der Waals surface area contributed by atoms with Crippen molar-refractivity contribution in [2.24, 2.45) is 0 Å². The number of ether oxygens (including phenoxy) is 1. The molecule has 1 unspecified atom stereocenters. The van der Waals surface area contributed by atoms with E-state index in [-0.39, 0.29) is 36.6 Å². The van der Waals surface area contributed by atoms with E-state index in [1.165, 1.54) is 13.1 Å². The van der Waals surface area contributed by atoms with Gasteiger partial charge in [0.15, 0.2) is 5.15 Å². The van der Waals surface area contributed by atoms with E-state index in [1.807, 2.05) is 6.92 Å². The van der Waals surface area contributed by atoms with E-state index in [2.05, 4.69) is 20.4 Å². The number of piperidine rings is 1. The molecule has 1 aliphatic heterocycles. The number of esters is 1. The van der Waals surface area contributed by atoms with Gasteiger partial charge in [-0.3, -0.25) is 4.79 Å². The van der Waals surface area contributed by atoms with E-state index in [4.69, 9.17) is 16.3 Å². The summed E-state index contributed by atoms with van der Waals surface area (Å²) in [4.78, 5) is 20.3. The molecule has 1 saturated heterocycles. The first-order chi connectivity index (χ1) is 15.0. The van der Waals surface area contributed by atoms with E-state index in [0.29, 0.717) is 11.3 Å². The first-order valence-corrected chi connectivity index (χ1v) is 12.7. The Morgan fingerprint density at radius 3 is 2.72 bits per heavy atom. The number of aromatic nitrogens is 4. The zero-order valence-electron chi connectivity index (χ0n) is 18.1. The second-order valence-electron chi connectivity index (χ2n) is 8.54. The molecular formula is C19H26ClFN6O4S. The number of halogens is 2. The van der Waals surface area contributed by atoms with E-state index in [1.54, 1.807) is 4.52 Å². The van der Waals surface area contributed by atoms with Crippen LogP contribution < -0.4 is 5.32 Å². The van der Waals surface area contributed by atoms with Gasteiger partial charge in [-0.1, -0.05) is 18.0 Å². The Balaban J connectivity index is 1.62. The second-order valence-corrected chi connectivity index (χ2v) is 10.9. The number of hydrogen-bond acceptors (Lipinski definition) is 8. The minimum atomic E-state index is -3.45. The number of carbonyl (C=O) groups is 1. The van der Waals surface area contributed by atoms with Crippen LogP contribution in [0.25, 0.3) is 5.52 Å². The van der Waals surface area contributed by atoms with Gasteiger partial charge in [0.25, 0.3) is 0 Å². The number of alkyl halides is 1. The molecule has 176 valence electrons. The van der Waals surface area contributed by atoms with Gasteiger partial charge in [0.2, 0.25) is 16.0 Å². The number of nitrogens with zero attached hydrogens (tertiary/aromatic N) is 5. The lowest BCUT2D eigenvalue weighted by Crippen LogP contribution is -2.49. The van der Waals surface area contributed by atoms with E-state index in [0.717, 1.165) is 29.8 Å². The fraction of sp³-hybridized carbons (Fsp3) is 0.684. The Morgan fingerprint density at radius 2 is 2.16 bits per heavy atom. The van der Waals surface area contributed by atoms with Crippen LogP contribution >= 0.6 is 11.6 Å². The zero-order chi connectivity index (χ0) is 23.3. The average molecular weight is 489 g/mol. The van der Waals surface area contributed by atoms with Crippen LogP contribution in [0.1, 0.15) is 45.4 Å². The summed E-state index contributed by atoms with van der Waals surface area (Å²) in [6.07, 6.45) is 3.51. The van der Waals surface area contributed by atoms with E-state index < -0.39 is 33.8 Å². The van der Waals surface area contributed by atoms with Crippen LogP contribution in [0.15, 0.2) is 6.20 Å². The summed E-state index contributed by atoms with van der Waals surface area (Å²) in [5.41, 5.74) is -0.0196. The molecule has 1 saturated carbocycles. The van der Waals surface area contributed by atoms with Crippen molar-refractivity contribution in [3.63, 3.8) is 0 Å². The lowest BCUT2D eigenvalue weighted by molar-refractivity contribution is -0.151. The largest absolute Gasteiger partial charge is 0.462 e. The smallest absolute Gasteiger partial charge is 0.302 e. The topological polar surface area (TPSA) is 119 Å². The fourth-order valence-electron chi connectivity index (χ4n) is 4.48. The van der Waals surface area contributed by atoms with Gasteiger partial charge in [0, 0.05) is 20.0 Å². The summed E-state index contributed by atoms with van der Waals surface area (Å²) >= 11 is 6.34. The van der Waals surface area contributed by atoms with E-state index >= 15 is 0 Å². The summed E-state index contributed by atoms with van der Waals surface area (Å²) in [7, 11) is -3.45. The Bertz CT molecular complexity index is 1140. The summed E-state index contributed by atoms with van der Waals surface area (Å²) in [6, 6.07) is -0.634.